The molecule has 0 aromatic heterocycles. The topological polar surface area (TPSA) is 12.0 Å². The van der Waals surface area contributed by atoms with E-state index in [0.717, 1.165) is 6.54 Å². The molecule has 0 bridgehead atoms. The molecule has 2 aliphatic carbocycles. The van der Waals surface area contributed by atoms with Crippen molar-refractivity contribution in [1.82, 2.24) is 5.32 Å². The van der Waals surface area contributed by atoms with E-state index >= 15 is 0 Å². The third-order valence-corrected chi connectivity index (χ3v) is 4.15. The highest BCUT2D eigenvalue weighted by Crippen LogP contribution is 2.41. The van der Waals surface area contributed by atoms with Crippen LogP contribution < -0.4 is 5.32 Å². The SMILES string of the molecule is CCNC1CCCC2=C1Cc1ccc(C)cc12. The summed E-state index contributed by atoms with van der Waals surface area (Å²) in [6.45, 7) is 5.49. The number of nitrogens with one attached hydrogen (secondary N) is 1. The van der Waals surface area contributed by atoms with Crippen molar-refractivity contribution in [1.29, 1.82) is 0 Å². The van der Waals surface area contributed by atoms with Gasteiger partial charge in [-0.15, -0.1) is 0 Å². The van der Waals surface area contributed by atoms with Crippen molar-refractivity contribution < 1.29 is 0 Å². The van der Waals surface area contributed by atoms with E-state index in [1.807, 2.05) is 0 Å². The van der Waals surface area contributed by atoms with Crippen LogP contribution in [0.15, 0.2) is 23.8 Å². The van der Waals surface area contributed by atoms with Crippen LogP contribution in [0.5, 0.6) is 0 Å². The van der Waals surface area contributed by atoms with Crippen molar-refractivity contribution in [3.8, 4) is 0 Å². The zero-order valence-electron chi connectivity index (χ0n) is 10.8. The molecule has 1 N–H and O–H groups in total. The third-order valence-electron chi connectivity index (χ3n) is 4.15. The Kier molecular flexibility index (Phi) is 2.79. The minimum absolute atomic E-state index is 0.636. The molecule has 3 rings (SSSR count). The number of allylic oxidation sites excluding steroid dienone is 1. The van der Waals surface area contributed by atoms with Crippen molar-refractivity contribution in [2.24, 2.45) is 0 Å². The van der Waals surface area contributed by atoms with Crippen LogP contribution in [-0.4, -0.2) is 12.6 Å². The van der Waals surface area contributed by atoms with Gasteiger partial charge in [-0.3, -0.25) is 0 Å². The first-order valence-electron chi connectivity index (χ1n) is 6.84. The summed E-state index contributed by atoms with van der Waals surface area (Å²) in [5.74, 6) is 0. The molecule has 1 atom stereocenters. The van der Waals surface area contributed by atoms with Gasteiger partial charge in [-0.05, 0) is 61.4 Å². The molecule has 0 aliphatic heterocycles. The van der Waals surface area contributed by atoms with Crippen molar-refractivity contribution in [2.75, 3.05) is 6.54 Å². The van der Waals surface area contributed by atoms with Crippen LogP contribution in [-0.2, 0) is 6.42 Å². The maximum atomic E-state index is 3.65. The second kappa shape index (κ2) is 4.30. The molecule has 0 fully saturated rings. The van der Waals surface area contributed by atoms with Gasteiger partial charge < -0.3 is 5.32 Å². The minimum Gasteiger partial charge on any atom is -0.310 e. The first kappa shape index (κ1) is 11.0. The maximum Gasteiger partial charge on any atom is 0.0288 e. The van der Waals surface area contributed by atoms with Gasteiger partial charge in [-0.2, -0.15) is 0 Å². The molecule has 1 heteroatoms. The first-order chi connectivity index (χ1) is 8.29. The molecule has 2 aliphatic rings. The van der Waals surface area contributed by atoms with Crippen molar-refractivity contribution in [3.63, 3.8) is 0 Å². The molecule has 90 valence electrons. The fraction of sp³-hybridized carbons (Fsp3) is 0.500. The molecule has 0 saturated carbocycles. The number of hydrogen-bond acceptors (Lipinski definition) is 1. The van der Waals surface area contributed by atoms with Gasteiger partial charge in [-0.25, -0.2) is 0 Å². The Morgan fingerprint density at radius 2 is 2.24 bits per heavy atom. The summed E-state index contributed by atoms with van der Waals surface area (Å²) >= 11 is 0. The second-order valence-electron chi connectivity index (χ2n) is 5.34. The number of fused-ring (bicyclic) bond motifs is 2. The lowest BCUT2D eigenvalue weighted by molar-refractivity contribution is 0.515. The molecule has 17 heavy (non-hydrogen) atoms. The molecule has 1 unspecified atom stereocenters. The normalized spacial score (nSPS) is 22.6. The van der Waals surface area contributed by atoms with E-state index in [2.05, 4.69) is 37.4 Å². The van der Waals surface area contributed by atoms with Gasteiger partial charge in [0.05, 0.1) is 0 Å². The van der Waals surface area contributed by atoms with Crippen LogP contribution in [0.3, 0.4) is 0 Å². The van der Waals surface area contributed by atoms with Gasteiger partial charge in [0.15, 0.2) is 0 Å². The van der Waals surface area contributed by atoms with Crippen LogP contribution in [0.4, 0.5) is 0 Å². The Morgan fingerprint density at radius 1 is 1.35 bits per heavy atom. The number of rotatable bonds is 2. The average molecular weight is 227 g/mol. The highest BCUT2D eigenvalue weighted by molar-refractivity contribution is 5.78. The van der Waals surface area contributed by atoms with Gasteiger partial charge in [0.2, 0.25) is 0 Å². The fourth-order valence-corrected chi connectivity index (χ4v) is 3.37. The summed E-state index contributed by atoms with van der Waals surface area (Å²) in [5.41, 5.74) is 7.82. The van der Waals surface area contributed by atoms with Crippen molar-refractivity contribution >= 4 is 5.57 Å². The Bertz CT molecular complexity index is 470. The lowest BCUT2D eigenvalue weighted by Gasteiger charge is -2.25. The smallest absolute Gasteiger partial charge is 0.0288 e. The van der Waals surface area contributed by atoms with Crippen molar-refractivity contribution in [2.45, 2.75) is 45.6 Å². The zero-order valence-corrected chi connectivity index (χ0v) is 10.8. The molecule has 1 nitrogen and oxygen atoms in total. The van der Waals surface area contributed by atoms with E-state index in [-0.39, 0.29) is 0 Å². The summed E-state index contributed by atoms with van der Waals surface area (Å²) in [4.78, 5) is 0. The van der Waals surface area contributed by atoms with E-state index in [4.69, 9.17) is 0 Å². The summed E-state index contributed by atoms with van der Waals surface area (Å²) in [6.07, 6.45) is 5.12. The van der Waals surface area contributed by atoms with Crippen LogP contribution in [0.1, 0.15) is 42.9 Å². The minimum atomic E-state index is 0.636. The predicted octanol–water partition coefficient (Wildman–Crippen LogP) is 3.47. The zero-order chi connectivity index (χ0) is 11.8. The van der Waals surface area contributed by atoms with Gasteiger partial charge in [0.25, 0.3) is 0 Å². The molecular formula is C16H21N. The molecular weight excluding hydrogens is 206 g/mol. The Labute approximate surface area is 104 Å². The van der Waals surface area contributed by atoms with E-state index in [9.17, 15) is 0 Å². The third kappa shape index (κ3) is 1.83. The monoisotopic (exact) mass is 227 g/mol. The summed E-state index contributed by atoms with van der Waals surface area (Å²) in [6, 6.07) is 7.59. The highest BCUT2D eigenvalue weighted by atomic mass is 14.9. The second-order valence-corrected chi connectivity index (χ2v) is 5.34. The van der Waals surface area contributed by atoms with Crippen LogP contribution in [0.2, 0.25) is 0 Å². The molecule has 0 heterocycles. The maximum absolute atomic E-state index is 3.65. The lowest BCUT2D eigenvalue weighted by Crippen LogP contribution is -2.32. The fourth-order valence-electron chi connectivity index (χ4n) is 3.37. The number of likely N-dealkylation sites (N-methyl/N-ethyl adjacent to an activating group) is 1. The van der Waals surface area contributed by atoms with Crippen LogP contribution in [0, 0.1) is 6.92 Å². The number of aryl methyl sites for hydroxylation is 1. The molecule has 0 amide bonds. The van der Waals surface area contributed by atoms with Crippen molar-refractivity contribution in [3.05, 3.63) is 40.5 Å². The van der Waals surface area contributed by atoms with E-state index in [0.29, 0.717) is 6.04 Å². The molecule has 0 radical (unpaired) electrons. The Balaban J connectivity index is 2.00. The highest BCUT2D eigenvalue weighted by Gasteiger charge is 2.29. The summed E-state index contributed by atoms with van der Waals surface area (Å²) in [7, 11) is 0. The molecule has 0 spiro atoms. The largest absolute Gasteiger partial charge is 0.310 e. The quantitative estimate of drug-likeness (QED) is 0.815. The first-order valence-corrected chi connectivity index (χ1v) is 6.84. The summed E-state index contributed by atoms with van der Waals surface area (Å²) < 4.78 is 0. The molecule has 1 aromatic rings. The van der Waals surface area contributed by atoms with Gasteiger partial charge in [0, 0.05) is 6.04 Å². The molecule has 0 saturated heterocycles. The number of hydrogen-bond donors (Lipinski definition) is 1. The lowest BCUT2D eigenvalue weighted by atomic mass is 9.88. The number of benzene rings is 1. The van der Waals surface area contributed by atoms with E-state index in [1.54, 1.807) is 22.3 Å². The Hall–Kier alpha value is -1.08. The Morgan fingerprint density at radius 3 is 3.06 bits per heavy atom. The van der Waals surface area contributed by atoms with Gasteiger partial charge >= 0.3 is 0 Å². The van der Waals surface area contributed by atoms with Crippen LogP contribution in [0.25, 0.3) is 5.57 Å². The van der Waals surface area contributed by atoms with Gasteiger partial charge in [-0.1, -0.05) is 30.7 Å². The predicted molar refractivity (Wildman–Crippen MR) is 73.1 cm³/mol. The molecule has 1 aromatic carbocycles. The van der Waals surface area contributed by atoms with E-state index < -0.39 is 0 Å². The standard InChI is InChI=1S/C16H21N/c1-3-17-16-6-4-5-13-14-9-11(2)7-8-12(14)10-15(13)16/h7-9,16-17H,3-6,10H2,1-2H3. The summed E-state index contributed by atoms with van der Waals surface area (Å²) in [5, 5.41) is 3.65. The van der Waals surface area contributed by atoms with Gasteiger partial charge in [0.1, 0.15) is 0 Å². The average Bonchev–Trinajstić information content (AvgIpc) is 2.69. The van der Waals surface area contributed by atoms with Crippen LogP contribution >= 0.6 is 0 Å². The van der Waals surface area contributed by atoms with E-state index in [1.165, 1.54) is 31.2 Å².